The number of nitrogens with zero attached hydrogens (tertiary/aromatic N) is 1. The fraction of sp³-hybridized carbons (Fsp3) is 0.300. The molecule has 2 N–H and O–H groups in total. The molecule has 0 radical (unpaired) electrons. The minimum Gasteiger partial charge on any atom is -0.479 e. The summed E-state index contributed by atoms with van der Waals surface area (Å²) in [5.74, 6) is -3.92. The van der Waals surface area contributed by atoms with Gasteiger partial charge >= 0.3 is 5.97 Å². The molecular weight excluding hydrogens is 372 g/mol. The zero-order valence-electron chi connectivity index (χ0n) is 14.8. The van der Waals surface area contributed by atoms with Gasteiger partial charge in [0.05, 0.1) is 0 Å². The van der Waals surface area contributed by atoms with Gasteiger partial charge < -0.3 is 19.8 Å². The molecule has 0 aromatic heterocycles. The topological polar surface area (TPSA) is 87.1 Å². The van der Waals surface area contributed by atoms with Crippen LogP contribution in [0.2, 0.25) is 0 Å². The number of likely N-dealkylation sites (tertiary alicyclic amines) is 1. The highest BCUT2D eigenvalue weighted by Gasteiger charge is 2.42. The number of aliphatic hydroxyl groups is 1. The third kappa shape index (κ3) is 4.12. The van der Waals surface area contributed by atoms with Crippen molar-refractivity contribution in [3.8, 4) is 5.75 Å². The number of halogens is 2. The third-order valence-electron chi connectivity index (χ3n) is 4.77. The molecule has 8 heteroatoms. The molecule has 3 rings (SSSR count). The van der Waals surface area contributed by atoms with E-state index in [1.807, 2.05) is 0 Å². The standard InChI is InChI=1S/C20H19F2NO5/c21-15-7-6-14(12-16(15)22)28-17(13-4-2-1-3-5-13)18(24)23-10-8-20(27,9-11-23)19(25)26/h1-7,12,17,27H,8-11H2,(H,25,26). The summed E-state index contributed by atoms with van der Waals surface area (Å²) in [6.07, 6.45) is -1.34. The van der Waals surface area contributed by atoms with Gasteiger partial charge in [-0.2, -0.15) is 0 Å². The van der Waals surface area contributed by atoms with E-state index in [1.165, 1.54) is 11.0 Å². The quantitative estimate of drug-likeness (QED) is 0.818. The van der Waals surface area contributed by atoms with E-state index in [2.05, 4.69) is 0 Å². The van der Waals surface area contributed by atoms with E-state index in [-0.39, 0.29) is 31.7 Å². The van der Waals surface area contributed by atoms with Crippen LogP contribution in [0.25, 0.3) is 0 Å². The first-order valence-corrected chi connectivity index (χ1v) is 8.71. The fourth-order valence-electron chi connectivity index (χ4n) is 3.05. The molecule has 6 nitrogen and oxygen atoms in total. The van der Waals surface area contributed by atoms with Crippen molar-refractivity contribution in [1.29, 1.82) is 0 Å². The van der Waals surface area contributed by atoms with E-state index in [1.54, 1.807) is 30.3 Å². The van der Waals surface area contributed by atoms with Crippen molar-refractivity contribution in [2.24, 2.45) is 0 Å². The summed E-state index contributed by atoms with van der Waals surface area (Å²) < 4.78 is 32.4. The molecule has 1 unspecified atom stereocenters. The Morgan fingerprint density at radius 3 is 2.25 bits per heavy atom. The lowest BCUT2D eigenvalue weighted by atomic mass is 9.91. The SMILES string of the molecule is O=C(C(Oc1ccc(F)c(F)c1)c1ccccc1)N1CCC(O)(C(=O)O)CC1. The monoisotopic (exact) mass is 391 g/mol. The molecule has 1 fully saturated rings. The molecule has 1 atom stereocenters. The number of amides is 1. The highest BCUT2D eigenvalue weighted by Crippen LogP contribution is 2.29. The van der Waals surface area contributed by atoms with E-state index in [0.29, 0.717) is 5.56 Å². The maximum atomic E-state index is 13.5. The molecule has 1 aliphatic heterocycles. The fourth-order valence-corrected chi connectivity index (χ4v) is 3.05. The highest BCUT2D eigenvalue weighted by atomic mass is 19.2. The van der Waals surface area contributed by atoms with Crippen molar-refractivity contribution in [2.75, 3.05) is 13.1 Å². The number of rotatable bonds is 5. The summed E-state index contributed by atoms with van der Waals surface area (Å²) in [5.41, 5.74) is -1.35. The Labute approximate surface area is 160 Å². The Kier molecular flexibility index (Phi) is 5.60. The van der Waals surface area contributed by atoms with Gasteiger partial charge in [0.25, 0.3) is 5.91 Å². The number of hydrogen-bond acceptors (Lipinski definition) is 4. The second kappa shape index (κ2) is 7.93. The molecule has 1 aliphatic rings. The van der Waals surface area contributed by atoms with Gasteiger partial charge in [-0.05, 0) is 12.1 Å². The van der Waals surface area contributed by atoms with Crippen LogP contribution >= 0.6 is 0 Å². The molecule has 2 aromatic carbocycles. The van der Waals surface area contributed by atoms with Gasteiger partial charge in [-0.1, -0.05) is 30.3 Å². The number of piperidine rings is 1. The Balaban J connectivity index is 1.82. The van der Waals surface area contributed by atoms with Crippen molar-refractivity contribution in [3.05, 3.63) is 65.7 Å². The van der Waals surface area contributed by atoms with E-state index in [0.717, 1.165) is 12.1 Å². The number of ether oxygens (including phenoxy) is 1. The number of hydrogen-bond donors (Lipinski definition) is 2. The van der Waals surface area contributed by atoms with Gasteiger partial charge in [-0.25, -0.2) is 13.6 Å². The molecule has 1 heterocycles. The summed E-state index contributed by atoms with van der Waals surface area (Å²) in [5, 5.41) is 19.2. The van der Waals surface area contributed by atoms with Gasteiger partial charge in [-0.15, -0.1) is 0 Å². The highest BCUT2D eigenvalue weighted by molar-refractivity contribution is 5.83. The Morgan fingerprint density at radius 2 is 1.68 bits per heavy atom. The van der Waals surface area contributed by atoms with Crippen molar-refractivity contribution >= 4 is 11.9 Å². The zero-order chi connectivity index (χ0) is 20.3. The van der Waals surface area contributed by atoms with E-state index < -0.39 is 35.2 Å². The van der Waals surface area contributed by atoms with Gasteiger partial charge in [0.2, 0.25) is 6.10 Å². The van der Waals surface area contributed by atoms with Crippen molar-refractivity contribution in [3.63, 3.8) is 0 Å². The normalized spacial score (nSPS) is 17.0. The lowest BCUT2D eigenvalue weighted by Gasteiger charge is -2.36. The number of benzene rings is 2. The first-order chi connectivity index (χ1) is 13.3. The first kappa shape index (κ1) is 19.8. The van der Waals surface area contributed by atoms with Gasteiger partial charge in [0.1, 0.15) is 5.75 Å². The smallest absolute Gasteiger partial charge is 0.335 e. The van der Waals surface area contributed by atoms with Crippen LogP contribution in [0.4, 0.5) is 8.78 Å². The lowest BCUT2D eigenvalue weighted by Crippen LogP contribution is -2.52. The van der Waals surface area contributed by atoms with Crippen LogP contribution in [-0.4, -0.2) is 45.7 Å². The summed E-state index contributed by atoms with van der Waals surface area (Å²) in [6, 6.07) is 11.5. The Hall–Kier alpha value is -3.00. The van der Waals surface area contributed by atoms with Crippen LogP contribution in [0.15, 0.2) is 48.5 Å². The van der Waals surface area contributed by atoms with Crippen molar-refractivity contribution < 1.29 is 33.3 Å². The molecule has 0 saturated carbocycles. The van der Waals surface area contributed by atoms with Crippen LogP contribution in [0.5, 0.6) is 5.75 Å². The Bertz CT molecular complexity index is 866. The predicted molar refractivity (Wildman–Crippen MR) is 94.6 cm³/mol. The van der Waals surface area contributed by atoms with Gasteiger partial charge in [-0.3, -0.25) is 4.79 Å². The average molecular weight is 391 g/mol. The molecule has 1 amide bonds. The summed E-state index contributed by atoms with van der Waals surface area (Å²) >= 11 is 0. The Morgan fingerprint density at radius 1 is 1.04 bits per heavy atom. The second-order valence-electron chi connectivity index (χ2n) is 6.65. The third-order valence-corrected chi connectivity index (χ3v) is 4.77. The molecule has 1 saturated heterocycles. The first-order valence-electron chi connectivity index (χ1n) is 8.71. The molecule has 28 heavy (non-hydrogen) atoms. The van der Waals surface area contributed by atoms with Crippen molar-refractivity contribution in [1.82, 2.24) is 4.90 Å². The van der Waals surface area contributed by atoms with Gasteiger partial charge in [0, 0.05) is 37.6 Å². The average Bonchev–Trinajstić information content (AvgIpc) is 2.69. The maximum Gasteiger partial charge on any atom is 0.335 e. The van der Waals surface area contributed by atoms with E-state index in [9.17, 15) is 23.5 Å². The molecule has 2 aromatic rings. The maximum absolute atomic E-state index is 13.5. The van der Waals surface area contributed by atoms with Gasteiger partial charge in [0.15, 0.2) is 17.2 Å². The molecule has 0 bridgehead atoms. The molecular formula is C20H19F2NO5. The molecule has 148 valence electrons. The number of carbonyl (C=O) groups excluding carboxylic acids is 1. The molecule has 0 spiro atoms. The van der Waals surface area contributed by atoms with Crippen LogP contribution in [-0.2, 0) is 9.59 Å². The minimum absolute atomic E-state index is 0.0137. The lowest BCUT2D eigenvalue weighted by molar-refractivity contribution is -0.166. The minimum atomic E-state index is -1.86. The van der Waals surface area contributed by atoms with E-state index >= 15 is 0 Å². The summed E-state index contributed by atoms with van der Waals surface area (Å²) in [6.45, 7) is 0.0677. The zero-order valence-corrected chi connectivity index (χ0v) is 14.8. The van der Waals surface area contributed by atoms with Crippen LogP contribution in [0.3, 0.4) is 0 Å². The summed E-state index contributed by atoms with van der Waals surface area (Å²) in [7, 11) is 0. The number of carboxylic acid groups (broad SMARTS) is 1. The summed E-state index contributed by atoms with van der Waals surface area (Å²) in [4.78, 5) is 25.6. The van der Waals surface area contributed by atoms with Crippen LogP contribution in [0, 0.1) is 11.6 Å². The van der Waals surface area contributed by atoms with Crippen LogP contribution in [0.1, 0.15) is 24.5 Å². The van der Waals surface area contributed by atoms with Crippen LogP contribution < -0.4 is 4.74 Å². The second-order valence-corrected chi connectivity index (χ2v) is 6.65. The largest absolute Gasteiger partial charge is 0.479 e. The van der Waals surface area contributed by atoms with E-state index in [4.69, 9.17) is 9.84 Å². The van der Waals surface area contributed by atoms with Crippen molar-refractivity contribution in [2.45, 2.75) is 24.5 Å². The number of aliphatic carboxylic acids is 1. The number of carboxylic acids is 1. The predicted octanol–water partition coefficient (Wildman–Crippen LogP) is 2.52. The molecule has 0 aliphatic carbocycles. The number of carbonyl (C=O) groups is 2.